The minimum atomic E-state index is 0.843. The number of rotatable bonds is 6. The van der Waals surface area contributed by atoms with Crippen LogP contribution in [0, 0.1) is 0 Å². The fraction of sp³-hybridized carbons (Fsp3) is 0.125. The zero-order valence-electron chi connectivity index (χ0n) is 11.6. The molecule has 0 atom stereocenters. The summed E-state index contributed by atoms with van der Waals surface area (Å²) in [7, 11) is 3.31. The van der Waals surface area contributed by atoms with Crippen molar-refractivity contribution < 1.29 is 9.47 Å². The van der Waals surface area contributed by atoms with Crippen molar-refractivity contribution in [3.8, 4) is 11.5 Å². The molecule has 20 heavy (non-hydrogen) atoms. The van der Waals surface area contributed by atoms with Gasteiger partial charge in [-0.1, -0.05) is 0 Å². The molecule has 2 aromatic carbocycles. The van der Waals surface area contributed by atoms with Crippen LogP contribution in [0.2, 0.25) is 0 Å². The van der Waals surface area contributed by atoms with Gasteiger partial charge in [0.05, 0.1) is 14.2 Å². The van der Waals surface area contributed by atoms with Gasteiger partial charge < -0.3 is 20.1 Å². The van der Waals surface area contributed by atoms with Crippen molar-refractivity contribution in [3.05, 3.63) is 60.9 Å². The Morgan fingerprint density at radius 2 is 1.00 bits per heavy atom. The van der Waals surface area contributed by atoms with Crippen LogP contribution in [-0.4, -0.2) is 14.2 Å². The molecule has 2 aromatic rings. The summed E-state index contributed by atoms with van der Waals surface area (Å²) in [5.74, 6) is 1.69. The van der Waals surface area contributed by atoms with E-state index in [9.17, 15) is 0 Å². The van der Waals surface area contributed by atoms with Gasteiger partial charge in [0.1, 0.15) is 11.5 Å². The van der Waals surface area contributed by atoms with Gasteiger partial charge in [-0.3, -0.25) is 0 Å². The molecule has 0 aromatic heterocycles. The first kappa shape index (κ1) is 13.8. The molecule has 4 nitrogen and oxygen atoms in total. The van der Waals surface area contributed by atoms with E-state index in [0.717, 1.165) is 22.9 Å². The van der Waals surface area contributed by atoms with Crippen molar-refractivity contribution in [1.29, 1.82) is 0 Å². The topological polar surface area (TPSA) is 42.5 Å². The van der Waals surface area contributed by atoms with Crippen LogP contribution in [0.25, 0.3) is 0 Å². The molecule has 104 valence electrons. The fourth-order valence-electron chi connectivity index (χ4n) is 1.65. The normalized spacial score (nSPS) is 10.3. The molecule has 0 aliphatic carbocycles. The largest absolute Gasteiger partial charge is 0.497 e. The third-order valence-electron chi connectivity index (χ3n) is 2.76. The van der Waals surface area contributed by atoms with Gasteiger partial charge in [-0.15, -0.1) is 0 Å². The fourth-order valence-corrected chi connectivity index (χ4v) is 1.65. The van der Waals surface area contributed by atoms with Crippen LogP contribution in [0.5, 0.6) is 11.5 Å². The number of hydrogen-bond donors (Lipinski definition) is 2. The standard InChI is InChI=1S/C16H18N2O2/c1-19-15-7-3-13(4-8-15)17-11-12-18-14-5-9-16(20-2)10-6-14/h3-12,17-18H,1-2H3/b12-11-. The van der Waals surface area contributed by atoms with E-state index in [0.29, 0.717) is 0 Å². The Kier molecular flexibility index (Phi) is 4.89. The van der Waals surface area contributed by atoms with Crippen molar-refractivity contribution in [2.24, 2.45) is 0 Å². The second kappa shape index (κ2) is 7.09. The maximum atomic E-state index is 5.10. The molecule has 0 bridgehead atoms. The second-order valence-corrected chi connectivity index (χ2v) is 4.08. The summed E-state index contributed by atoms with van der Waals surface area (Å²) < 4.78 is 10.2. The third kappa shape index (κ3) is 3.95. The Hall–Kier alpha value is -2.62. The first-order chi connectivity index (χ1) is 9.81. The Morgan fingerprint density at radius 3 is 1.30 bits per heavy atom. The summed E-state index contributed by atoms with van der Waals surface area (Å²) in [6.45, 7) is 0. The Morgan fingerprint density at radius 1 is 0.650 bits per heavy atom. The summed E-state index contributed by atoms with van der Waals surface area (Å²) >= 11 is 0. The van der Waals surface area contributed by atoms with E-state index in [4.69, 9.17) is 9.47 Å². The molecular formula is C16H18N2O2. The van der Waals surface area contributed by atoms with Crippen LogP contribution in [0.3, 0.4) is 0 Å². The first-order valence-corrected chi connectivity index (χ1v) is 6.28. The highest BCUT2D eigenvalue weighted by Gasteiger charge is 1.92. The zero-order chi connectivity index (χ0) is 14.2. The van der Waals surface area contributed by atoms with Gasteiger partial charge >= 0.3 is 0 Å². The summed E-state index contributed by atoms with van der Waals surface area (Å²) in [6.07, 6.45) is 3.68. The smallest absolute Gasteiger partial charge is 0.119 e. The van der Waals surface area contributed by atoms with Crippen molar-refractivity contribution in [3.63, 3.8) is 0 Å². The van der Waals surface area contributed by atoms with E-state index in [1.165, 1.54) is 0 Å². The molecule has 0 aliphatic rings. The number of nitrogens with one attached hydrogen (secondary N) is 2. The Bertz CT molecular complexity index is 496. The lowest BCUT2D eigenvalue weighted by molar-refractivity contribution is 0.415. The minimum absolute atomic E-state index is 0.843. The lowest BCUT2D eigenvalue weighted by atomic mass is 10.3. The molecule has 0 aliphatic heterocycles. The van der Waals surface area contributed by atoms with Crippen LogP contribution in [0.4, 0.5) is 11.4 Å². The number of benzene rings is 2. The minimum Gasteiger partial charge on any atom is -0.497 e. The predicted molar refractivity (Wildman–Crippen MR) is 82.4 cm³/mol. The van der Waals surface area contributed by atoms with Crippen molar-refractivity contribution in [1.82, 2.24) is 0 Å². The van der Waals surface area contributed by atoms with Crippen molar-refractivity contribution in [2.45, 2.75) is 0 Å². The SMILES string of the molecule is COc1ccc(N/C=C\Nc2ccc(OC)cc2)cc1. The van der Waals surface area contributed by atoms with Crippen LogP contribution in [0.15, 0.2) is 60.9 Å². The second-order valence-electron chi connectivity index (χ2n) is 4.08. The molecule has 0 radical (unpaired) electrons. The predicted octanol–water partition coefficient (Wildman–Crippen LogP) is 3.70. The number of anilines is 2. The number of ether oxygens (including phenoxy) is 2. The molecule has 0 saturated carbocycles. The highest BCUT2D eigenvalue weighted by molar-refractivity contribution is 5.51. The van der Waals surface area contributed by atoms with Crippen molar-refractivity contribution >= 4 is 11.4 Å². The van der Waals surface area contributed by atoms with Gasteiger partial charge in [0, 0.05) is 23.8 Å². The van der Waals surface area contributed by atoms with Gasteiger partial charge in [0.2, 0.25) is 0 Å². The number of hydrogen-bond acceptors (Lipinski definition) is 4. The van der Waals surface area contributed by atoms with Gasteiger partial charge in [-0.05, 0) is 48.5 Å². The van der Waals surface area contributed by atoms with Crippen LogP contribution in [-0.2, 0) is 0 Å². The van der Waals surface area contributed by atoms with E-state index in [1.54, 1.807) is 14.2 Å². The van der Waals surface area contributed by atoms with Crippen LogP contribution >= 0.6 is 0 Å². The van der Waals surface area contributed by atoms with E-state index in [1.807, 2.05) is 60.9 Å². The molecule has 0 spiro atoms. The maximum Gasteiger partial charge on any atom is 0.119 e. The van der Waals surface area contributed by atoms with E-state index >= 15 is 0 Å². The van der Waals surface area contributed by atoms with Crippen LogP contribution in [0.1, 0.15) is 0 Å². The van der Waals surface area contributed by atoms with E-state index < -0.39 is 0 Å². The molecule has 2 N–H and O–H groups in total. The maximum absolute atomic E-state index is 5.10. The van der Waals surface area contributed by atoms with E-state index in [-0.39, 0.29) is 0 Å². The average molecular weight is 270 g/mol. The Labute approximate surface area is 119 Å². The molecule has 0 amide bonds. The first-order valence-electron chi connectivity index (χ1n) is 6.28. The molecule has 0 saturated heterocycles. The third-order valence-corrected chi connectivity index (χ3v) is 2.76. The summed E-state index contributed by atoms with van der Waals surface area (Å²) in [4.78, 5) is 0. The zero-order valence-corrected chi connectivity index (χ0v) is 11.6. The highest BCUT2D eigenvalue weighted by Crippen LogP contribution is 2.16. The number of methoxy groups -OCH3 is 2. The molecule has 0 fully saturated rings. The molecule has 4 heteroatoms. The molecule has 0 unspecified atom stereocenters. The van der Waals surface area contributed by atoms with Gasteiger partial charge in [-0.25, -0.2) is 0 Å². The summed E-state index contributed by atoms with van der Waals surface area (Å²) in [5, 5.41) is 6.33. The monoisotopic (exact) mass is 270 g/mol. The average Bonchev–Trinajstić information content (AvgIpc) is 2.53. The van der Waals surface area contributed by atoms with Gasteiger partial charge in [-0.2, -0.15) is 0 Å². The van der Waals surface area contributed by atoms with Crippen LogP contribution < -0.4 is 20.1 Å². The summed E-state index contributed by atoms with van der Waals surface area (Å²) in [5.41, 5.74) is 2.00. The lowest BCUT2D eigenvalue weighted by Crippen LogP contribution is -1.92. The van der Waals surface area contributed by atoms with E-state index in [2.05, 4.69) is 10.6 Å². The molecule has 2 rings (SSSR count). The Balaban J connectivity index is 1.83. The van der Waals surface area contributed by atoms with Gasteiger partial charge in [0.15, 0.2) is 0 Å². The highest BCUT2D eigenvalue weighted by atomic mass is 16.5. The lowest BCUT2D eigenvalue weighted by Gasteiger charge is -2.04. The molecular weight excluding hydrogens is 252 g/mol. The van der Waals surface area contributed by atoms with Gasteiger partial charge in [0.25, 0.3) is 0 Å². The van der Waals surface area contributed by atoms with Crippen molar-refractivity contribution in [2.75, 3.05) is 24.9 Å². The quantitative estimate of drug-likeness (QED) is 0.840. The molecule has 0 heterocycles. The summed E-state index contributed by atoms with van der Waals surface area (Å²) in [6, 6.07) is 15.5.